The molecule has 1 heterocycles. The molecule has 1 aliphatic carbocycles. The van der Waals surface area contributed by atoms with Crippen molar-refractivity contribution in [3.8, 4) is 0 Å². The minimum atomic E-state index is -0.322. The molecule has 164 valence electrons. The van der Waals surface area contributed by atoms with Gasteiger partial charge >= 0.3 is 0 Å². The van der Waals surface area contributed by atoms with Gasteiger partial charge in [0.05, 0.1) is 10.5 Å². The maximum Gasteiger partial charge on any atom is 0.225 e. The molecule has 1 saturated carbocycles. The van der Waals surface area contributed by atoms with Gasteiger partial charge in [0, 0.05) is 37.6 Å². The summed E-state index contributed by atoms with van der Waals surface area (Å²) in [5.41, 5.74) is 1.57. The second-order valence-electron chi connectivity index (χ2n) is 8.49. The van der Waals surface area contributed by atoms with E-state index in [1.807, 2.05) is 37.2 Å². The first-order valence-corrected chi connectivity index (χ1v) is 11.2. The highest BCUT2D eigenvalue weighted by Gasteiger charge is 2.22. The Kier molecular flexibility index (Phi) is 6.88. The molecule has 1 aliphatic rings. The van der Waals surface area contributed by atoms with Gasteiger partial charge < -0.3 is 15.5 Å². The Hall–Kier alpha value is -2.44. The van der Waals surface area contributed by atoms with Crippen molar-refractivity contribution < 1.29 is 4.39 Å². The molecule has 2 N–H and O–H groups in total. The van der Waals surface area contributed by atoms with Gasteiger partial charge in [0.15, 0.2) is 0 Å². The molecule has 0 bridgehead atoms. The average molecular weight is 442 g/mol. The molecule has 5 nitrogen and oxygen atoms in total. The third-order valence-corrected chi connectivity index (χ3v) is 6.26. The van der Waals surface area contributed by atoms with Crippen molar-refractivity contribution in [2.45, 2.75) is 38.3 Å². The largest absolute Gasteiger partial charge is 0.362 e. The molecule has 1 fully saturated rings. The summed E-state index contributed by atoms with van der Waals surface area (Å²) in [5.74, 6) is 1.90. The van der Waals surface area contributed by atoms with E-state index in [9.17, 15) is 4.39 Å². The number of nitrogens with one attached hydrogen (secondary N) is 2. The zero-order valence-corrected chi connectivity index (χ0v) is 18.8. The fourth-order valence-electron chi connectivity index (χ4n) is 4.25. The van der Waals surface area contributed by atoms with Gasteiger partial charge in [-0.25, -0.2) is 9.37 Å². The van der Waals surface area contributed by atoms with Crippen molar-refractivity contribution in [1.82, 2.24) is 15.3 Å². The van der Waals surface area contributed by atoms with Crippen LogP contribution in [0, 0.1) is 11.7 Å². The summed E-state index contributed by atoms with van der Waals surface area (Å²) >= 11 is 5.86. The SMILES string of the molecule is CN(C)c1nc(N[C@H]2CC[C@@H](CNCc3cccc(Cl)c3F)CC2)nc2ccccc12. The fraction of sp³-hybridized carbons (Fsp3) is 0.417. The minimum Gasteiger partial charge on any atom is -0.362 e. The highest BCUT2D eigenvalue weighted by Crippen LogP contribution is 2.28. The lowest BCUT2D eigenvalue weighted by Crippen LogP contribution is -2.31. The van der Waals surface area contributed by atoms with E-state index >= 15 is 0 Å². The van der Waals surface area contributed by atoms with Crippen LogP contribution < -0.4 is 15.5 Å². The number of rotatable bonds is 7. The van der Waals surface area contributed by atoms with Crippen LogP contribution in [0.2, 0.25) is 5.02 Å². The first-order valence-electron chi connectivity index (χ1n) is 10.9. The number of aromatic nitrogens is 2. The highest BCUT2D eigenvalue weighted by atomic mass is 35.5. The number of anilines is 2. The van der Waals surface area contributed by atoms with Gasteiger partial charge in [-0.2, -0.15) is 4.98 Å². The average Bonchev–Trinajstić information content (AvgIpc) is 2.77. The van der Waals surface area contributed by atoms with Crippen molar-refractivity contribution >= 4 is 34.3 Å². The van der Waals surface area contributed by atoms with Crippen molar-refractivity contribution in [2.24, 2.45) is 5.92 Å². The van der Waals surface area contributed by atoms with Gasteiger partial charge in [-0.1, -0.05) is 35.9 Å². The number of fused-ring (bicyclic) bond motifs is 1. The smallest absolute Gasteiger partial charge is 0.225 e. The van der Waals surface area contributed by atoms with E-state index in [1.54, 1.807) is 18.2 Å². The van der Waals surface area contributed by atoms with Crippen LogP contribution in [-0.4, -0.2) is 36.6 Å². The monoisotopic (exact) mass is 441 g/mol. The molecule has 7 heteroatoms. The van der Waals surface area contributed by atoms with E-state index in [2.05, 4.69) is 16.7 Å². The molecule has 0 spiro atoms. The molecule has 0 atom stereocenters. The predicted octanol–water partition coefficient (Wildman–Crippen LogP) is 5.25. The molecule has 0 amide bonds. The summed E-state index contributed by atoms with van der Waals surface area (Å²) in [6, 6.07) is 13.6. The maximum absolute atomic E-state index is 14.0. The molecule has 31 heavy (non-hydrogen) atoms. The van der Waals surface area contributed by atoms with Crippen LogP contribution >= 0.6 is 11.6 Å². The van der Waals surface area contributed by atoms with Gasteiger partial charge in [-0.05, 0) is 56.3 Å². The van der Waals surface area contributed by atoms with E-state index in [0.717, 1.165) is 48.9 Å². The second-order valence-corrected chi connectivity index (χ2v) is 8.90. The number of hydrogen-bond acceptors (Lipinski definition) is 5. The number of benzene rings is 2. The Balaban J connectivity index is 1.30. The lowest BCUT2D eigenvalue weighted by atomic mass is 9.86. The first-order chi connectivity index (χ1) is 15.0. The predicted molar refractivity (Wildman–Crippen MR) is 126 cm³/mol. The van der Waals surface area contributed by atoms with E-state index in [1.165, 1.54) is 0 Å². The summed E-state index contributed by atoms with van der Waals surface area (Å²) in [6.07, 6.45) is 4.39. The van der Waals surface area contributed by atoms with Crippen LogP contribution in [0.3, 0.4) is 0 Å². The zero-order chi connectivity index (χ0) is 21.8. The molecular formula is C24H29ClFN5. The number of halogens is 2. The Bertz CT molecular complexity index is 1030. The second kappa shape index (κ2) is 9.79. The van der Waals surface area contributed by atoms with Crippen molar-refractivity contribution in [3.63, 3.8) is 0 Å². The molecule has 3 aromatic rings. The summed E-state index contributed by atoms with van der Waals surface area (Å²) in [5, 5.41) is 8.18. The third-order valence-electron chi connectivity index (χ3n) is 5.97. The summed E-state index contributed by atoms with van der Waals surface area (Å²) in [4.78, 5) is 11.5. The highest BCUT2D eigenvalue weighted by molar-refractivity contribution is 6.30. The van der Waals surface area contributed by atoms with Gasteiger partial charge in [0.1, 0.15) is 11.6 Å². The van der Waals surface area contributed by atoms with Crippen LogP contribution in [0.1, 0.15) is 31.2 Å². The van der Waals surface area contributed by atoms with E-state index in [0.29, 0.717) is 30.0 Å². The molecule has 0 radical (unpaired) electrons. The molecule has 4 rings (SSSR count). The quantitative estimate of drug-likeness (QED) is 0.524. The Labute approximate surface area is 188 Å². The standard InChI is InChI=1S/C24H29ClFN5/c1-31(2)23-19-7-3-4-9-21(19)29-24(30-23)28-18-12-10-16(11-13-18)14-27-15-17-6-5-8-20(25)22(17)26/h3-9,16,18,27H,10-15H2,1-2H3,(H,28,29,30)/t16-,18+. The van der Waals surface area contributed by atoms with Crippen LogP contribution in [0.5, 0.6) is 0 Å². The number of hydrogen-bond donors (Lipinski definition) is 2. The molecular weight excluding hydrogens is 413 g/mol. The van der Waals surface area contributed by atoms with Crippen molar-refractivity contribution in [1.29, 1.82) is 0 Å². The molecule has 0 aliphatic heterocycles. The Morgan fingerprint density at radius 2 is 1.81 bits per heavy atom. The molecule has 2 aromatic carbocycles. The van der Waals surface area contributed by atoms with Crippen molar-refractivity contribution in [2.75, 3.05) is 30.9 Å². The van der Waals surface area contributed by atoms with E-state index in [-0.39, 0.29) is 10.8 Å². The maximum atomic E-state index is 14.0. The summed E-state index contributed by atoms with van der Waals surface area (Å²) in [7, 11) is 4.01. The molecule has 1 aromatic heterocycles. The van der Waals surface area contributed by atoms with Crippen LogP contribution in [0.25, 0.3) is 10.9 Å². The van der Waals surface area contributed by atoms with E-state index < -0.39 is 0 Å². The lowest BCUT2D eigenvalue weighted by Gasteiger charge is -2.29. The normalized spacial score (nSPS) is 18.8. The van der Waals surface area contributed by atoms with Crippen molar-refractivity contribution in [3.05, 3.63) is 58.9 Å². The summed E-state index contributed by atoms with van der Waals surface area (Å²) < 4.78 is 14.0. The Morgan fingerprint density at radius 1 is 1.03 bits per heavy atom. The number of nitrogens with zero attached hydrogens (tertiary/aromatic N) is 3. The summed E-state index contributed by atoms with van der Waals surface area (Å²) in [6.45, 7) is 1.39. The minimum absolute atomic E-state index is 0.180. The number of para-hydroxylation sites is 1. The van der Waals surface area contributed by atoms with Gasteiger partial charge in [-0.15, -0.1) is 0 Å². The third kappa shape index (κ3) is 5.25. The fourth-order valence-corrected chi connectivity index (χ4v) is 4.45. The van der Waals surface area contributed by atoms with Crippen LogP contribution in [0.15, 0.2) is 42.5 Å². The van der Waals surface area contributed by atoms with Gasteiger partial charge in [0.25, 0.3) is 0 Å². The Morgan fingerprint density at radius 3 is 2.58 bits per heavy atom. The topological polar surface area (TPSA) is 53.1 Å². The lowest BCUT2D eigenvalue weighted by molar-refractivity contribution is 0.323. The van der Waals surface area contributed by atoms with E-state index in [4.69, 9.17) is 21.6 Å². The molecule has 0 saturated heterocycles. The molecule has 0 unspecified atom stereocenters. The zero-order valence-electron chi connectivity index (χ0n) is 18.0. The first kappa shape index (κ1) is 21.8. The van der Waals surface area contributed by atoms with Gasteiger partial charge in [-0.3, -0.25) is 0 Å². The van der Waals surface area contributed by atoms with Gasteiger partial charge in [0.2, 0.25) is 5.95 Å². The van der Waals surface area contributed by atoms with Crippen LogP contribution in [-0.2, 0) is 6.54 Å². The van der Waals surface area contributed by atoms with Crippen LogP contribution in [0.4, 0.5) is 16.2 Å².